The molecule has 1 saturated heterocycles. The van der Waals surface area contributed by atoms with E-state index in [1.807, 2.05) is 18.2 Å². The average molecular weight is 364 g/mol. The first-order valence-electron chi connectivity index (χ1n) is 8.88. The van der Waals surface area contributed by atoms with Crippen molar-refractivity contribution >= 4 is 5.95 Å². The van der Waals surface area contributed by atoms with E-state index in [0.717, 1.165) is 30.9 Å². The normalized spacial score (nSPS) is 18.7. The maximum atomic E-state index is 12.8. The Morgan fingerprint density at radius 3 is 2.65 bits per heavy atom. The van der Waals surface area contributed by atoms with Crippen LogP contribution in [-0.4, -0.2) is 27.5 Å². The topological polar surface area (TPSA) is 41.0 Å². The summed E-state index contributed by atoms with van der Waals surface area (Å²) in [5.41, 5.74) is 1.29. The molecule has 2 heterocycles. The van der Waals surface area contributed by atoms with Gasteiger partial charge in [0, 0.05) is 25.3 Å². The Bertz CT molecular complexity index is 733. The molecule has 1 N–H and O–H groups in total. The van der Waals surface area contributed by atoms with Gasteiger partial charge in [0.1, 0.15) is 5.69 Å². The third-order valence-corrected chi connectivity index (χ3v) is 4.82. The van der Waals surface area contributed by atoms with Gasteiger partial charge in [0.15, 0.2) is 0 Å². The summed E-state index contributed by atoms with van der Waals surface area (Å²) in [5, 5.41) is 2.92. The van der Waals surface area contributed by atoms with Crippen molar-refractivity contribution < 1.29 is 13.2 Å². The van der Waals surface area contributed by atoms with Gasteiger partial charge in [0.25, 0.3) is 0 Å². The van der Waals surface area contributed by atoms with Crippen molar-refractivity contribution in [2.75, 3.05) is 11.9 Å². The van der Waals surface area contributed by atoms with E-state index in [2.05, 4.69) is 33.2 Å². The quantitative estimate of drug-likeness (QED) is 0.849. The number of hydrogen-bond donors (Lipinski definition) is 1. The first-order chi connectivity index (χ1) is 12.4. The van der Waals surface area contributed by atoms with E-state index < -0.39 is 11.9 Å². The van der Waals surface area contributed by atoms with Crippen molar-refractivity contribution in [1.29, 1.82) is 0 Å². The van der Waals surface area contributed by atoms with Crippen molar-refractivity contribution in [1.82, 2.24) is 14.9 Å². The molecule has 1 aliphatic rings. The molecule has 0 saturated carbocycles. The molecule has 0 spiro atoms. The predicted octanol–water partition coefficient (Wildman–Crippen LogP) is 4.48. The lowest BCUT2D eigenvalue weighted by molar-refractivity contribution is -0.141. The minimum atomic E-state index is -4.47. The highest BCUT2D eigenvalue weighted by molar-refractivity contribution is 5.33. The second-order valence-corrected chi connectivity index (χ2v) is 6.70. The van der Waals surface area contributed by atoms with Crippen LogP contribution in [0.2, 0.25) is 0 Å². The lowest BCUT2D eigenvalue weighted by Gasteiger charge is -2.33. The third kappa shape index (κ3) is 4.72. The van der Waals surface area contributed by atoms with Crippen molar-refractivity contribution in [3.05, 3.63) is 53.3 Å². The van der Waals surface area contributed by atoms with Gasteiger partial charge in [0.2, 0.25) is 5.95 Å². The minimum Gasteiger partial charge on any atom is -0.350 e. The lowest BCUT2D eigenvalue weighted by atomic mass is 10.0. The smallest absolute Gasteiger partial charge is 0.350 e. The van der Waals surface area contributed by atoms with Crippen molar-refractivity contribution in [3.8, 4) is 0 Å². The zero-order chi connectivity index (χ0) is 18.6. The summed E-state index contributed by atoms with van der Waals surface area (Å²) in [4.78, 5) is 9.91. The predicted molar refractivity (Wildman–Crippen MR) is 94.5 cm³/mol. The second-order valence-electron chi connectivity index (χ2n) is 6.70. The number of anilines is 1. The number of hydrogen-bond acceptors (Lipinski definition) is 4. The number of nitrogens with one attached hydrogen (secondary N) is 1. The molecule has 1 unspecified atom stereocenters. The molecule has 140 valence electrons. The van der Waals surface area contributed by atoms with Crippen LogP contribution < -0.4 is 5.32 Å². The third-order valence-electron chi connectivity index (χ3n) is 4.82. The van der Waals surface area contributed by atoms with E-state index in [-0.39, 0.29) is 5.95 Å². The van der Waals surface area contributed by atoms with Crippen LogP contribution in [-0.2, 0) is 19.3 Å². The molecular weight excluding hydrogens is 341 g/mol. The maximum Gasteiger partial charge on any atom is 0.433 e. The van der Waals surface area contributed by atoms with Gasteiger partial charge in [-0.05, 0) is 43.5 Å². The molecule has 7 heteroatoms. The molecule has 3 rings (SSSR count). The van der Waals surface area contributed by atoms with Gasteiger partial charge in [-0.1, -0.05) is 30.7 Å². The Morgan fingerprint density at radius 2 is 1.92 bits per heavy atom. The van der Waals surface area contributed by atoms with Gasteiger partial charge in [0.05, 0.1) is 0 Å². The first kappa shape index (κ1) is 18.6. The zero-order valence-electron chi connectivity index (χ0n) is 14.8. The summed E-state index contributed by atoms with van der Waals surface area (Å²) < 4.78 is 38.3. The number of aromatic nitrogens is 2. The fourth-order valence-electron chi connectivity index (χ4n) is 3.27. The van der Waals surface area contributed by atoms with Gasteiger partial charge in [-0.2, -0.15) is 13.2 Å². The molecule has 0 amide bonds. The van der Waals surface area contributed by atoms with Crippen LogP contribution in [0.4, 0.5) is 19.1 Å². The van der Waals surface area contributed by atoms with Crippen molar-refractivity contribution in [2.45, 2.75) is 51.5 Å². The van der Waals surface area contributed by atoms with Crippen LogP contribution in [0.3, 0.4) is 0 Å². The molecule has 4 nitrogen and oxygen atoms in total. The molecular formula is C19H23F3N4. The number of benzene rings is 1. The highest BCUT2D eigenvalue weighted by Gasteiger charge is 2.32. The molecule has 1 aliphatic heterocycles. The van der Waals surface area contributed by atoms with Gasteiger partial charge in [-0.15, -0.1) is 0 Å². The Labute approximate surface area is 151 Å². The monoisotopic (exact) mass is 364 g/mol. The molecule has 0 radical (unpaired) electrons. The van der Waals surface area contributed by atoms with E-state index in [0.29, 0.717) is 12.6 Å². The lowest BCUT2D eigenvalue weighted by Crippen LogP contribution is -2.37. The molecule has 26 heavy (non-hydrogen) atoms. The van der Waals surface area contributed by atoms with Gasteiger partial charge in [-0.3, -0.25) is 4.90 Å². The number of halogens is 3. The van der Waals surface area contributed by atoms with Crippen LogP contribution in [0.15, 0.2) is 36.5 Å². The van der Waals surface area contributed by atoms with Crippen molar-refractivity contribution in [3.63, 3.8) is 0 Å². The Hall–Kier alpha value is -2.15. The van der Waals surface area contributed by atoms with E-state index >= 15 is 0 Å². The van der Waals surface area contributed by atoms with Gasteiger partial charge >= 0.3 is 6.18 Å². The largest absolute Gasteiger partial charge is 0.433 e. The maximum absolute atomic E-state index is 12.8. The highest BCUT2D eigenvalue weighted by atomic mass is 19.4. The summed E-state index contributed by atoms with van der Waals surface area (Å²) in [6, 6.07) is 9.42. The van der Waals surface area contributed by atoms with Crippen LogP contribution in [0, 0.1) is 0 Å². The number of nitrogens with zero attached hydrogens (tertiary/aromatic N) is 3. The molecule has 1 aromatic carbocycles. The number of rotatable bonds is 5. The van der Waals surface area contributed by atoms with Crippen molar-refractivity contribution in [2.24, 2.45) is 0 Å². The van der Waals surface area contributed by atoms with E-state index in [4.69, 9.17) is 0 Å². The summed E-state index contributed by atoms with van der Waals surface area (Å²) in [5.74, 6) is -0.0130. The summed E-state index contributed by atoms with van der Waals surface area (Å²) in [6.45, 7) is 4.57. The molecule has 1 aromatic heterocycles. The molecule has 0 aliphatic carbocycles. The van der Waals surface area contributed by atoms with Crippen LogP contribution in [0.25, 0.3) is 0 Å². The number of alkyl halides is 3. The minimum absolute atomic E-state index is 0.0130. The average Bonchev–Trinajstić information content (AvgIpc) is 2.62. The highest BCUT2D eigenvalue weighted by Crippen LogP contribution is 2.27. The SMILES string of the molecule is CC1CCCCN1Cc1ccccc1CNc1nccc(C(F)(F)F)n1. The van der Waals surface area contributed by atoms with E-state index in [1.165, 1.54) is 24.8 Å². The number of likely N-dealkylation sites (tertiary alicyclic amines) is 1. The van der Waals surface area contributed by atoms with Gasteiger partial charge in [-0.25, -0.2) is 9.97 Å². The fourth-order valence-corrected chi connectivity index (χ4v) is 3.27. The summed E-state index contributed by atoms with van der Waals surface area (Å²) >= 11 is 0. The number of piperidine rings is 1. The Kier molecular flexibility index (Phi) is 5.76. The second kappa shape index (κ2) is 8.03. The van der Waals surface area contributed by atoms with E-state index in [1.54, 1.807) is 0 Å². The Morgan fingerprint density at radius 1 is 1.15 bits per heavy atom. The van der Waals surface area contributed by atoms with Gasteiger partial charge < -0.3 is 5.32 Å². The fraction of sp³-hybridized carbons (Fsp3) is 0.474. The molecule has 1 fully saturated rings. The van der Waals surface area contributed by atoms with E-state index in [9.17, 15) is 13.2 Å². The van der Waals surface area contributed by atoms with Crippen LogP contribution in [0.1, 0.15) is 43.0 Å². The zero-order valence-corrected chi connectivity index (χ0v) is 14.8. The van der Waals surface area contributed by atoms with Crippen LogP contribution >= 0.6 is 0 Å². The summed E-state index contributed by atoms with van der Waals surface area (Å²) in [7, 11) is 0. The standard InChI is InChI=1S/C19H23F3N4/c1-14-6-4-5-11-26(14)13-16-8-3-2-7-15(16)12-24-18-23-10-9-17(25-18)19(20,21)22/h2-3,7-10,14H,4-6,11-13H2,1H3,(H,23,24,25). The Balaban J connectivity index is 1.69. The molecule has 0 bridgehead atoms. The first-order valence-corrected chi connectivity index (χ1v) is 8.88. The summed E-state index contributed by atoms with van der Waals surface area (Å²) in [6.07, 6.45) is 0.343. The van der Waals surface area contributed by atoms with Crippen LogP contribution in [0.5, 0.6) is 0 Å². The molecule has 2 aromatic rings. The molecule has 1 atom stereocenters.